The number of ether oxygens (including phenoxy) is 1. The molecule has 186 valence electrons. The summed E-state index contributed by atoms with van der Waals surface area (Å²) in [6.07, 6.45) is 11.8. The van der Waals surface area contributed by atoms with Gasteiger partial charge in [-0.25, -0.2) is 13.2 Å². The molecule has 0 saturated heterocycles. The first-order valence-corrected chi connectivity index (χ1v) is 13.0. The van der Waals surface area contributed by atoms with E-state index in [4.69, 9.17) is 4.74 Å². The maximum absolute atomic E-state index is 15.1. The van der Waals surface area contributed by atoms with Gasteiger partial charge in [-0.2, -0.15) is 0 Å². The predicted octanol–water partition coefficient (Wildman–Crippen LogP) is 8.10. The Bertz CT molecular complexity index is 1110. The van der Waals surface area contributed by atoms with Crippen molar-refractivity contribution in [3.63, 3.8) is 0 Å². The Morgan fingerprint density at radius 1 is 0.943 bits per heavy atom. The zero-order chi connectivity index (χ0) is 24.8. The predicted molar refractivity (Wildman–Crippen MR) is 135 cm³/mol. The molecule has 2 fully saturated rings. The van der Waals surface area contributed by atoms with Gasteiger partial charge in [0.2, 0.25) is 0 Å². The van der Waals surface area contributed by atoms with Crippen molar-refractivity contribution in [2.45, 2.75) is 77.2 Å². The van der Waals surface area contributed by atoms with Crippen molar-refractivity contribution in [3.8, 4) is 11.8 Å². The molecule has 2 aliphatic rings. The van der Waals surface area contributed by atoms with Gasteiger partial charge >= 0.3 is 0 Å². The van der Waals surface area contributed by atoms with E-state index in [0.29, 0.717) is 41.9 Å². The highest BCUT2D eigenvalue weighted by Crippen LogP contribution is 2.47. The van der Waals surface area contributed by atoms with Crippen molar-refractivity contribution in [2.75, 3.05) is 6.61 Å². The molecule has 0 spiro atoms. The third kappa shape index (κ3) is 6.19. The molecule has 0 radical (unpaired) electrons. The van der Waals surface area contributed by atoms with Crippen LogP contribution in [0.15, 0.2) is 42.5 Å². The van der Waals surface area contributed by atoms with E-state index in [9.17, 15) is 8.78 Å². The number of aryl methyl sites for hydroxylation is 1. The van der Waals surface area contributed by atoms with Crippen LogP contribution in [0.5, 0.6) is 0 Å². The van der Waals surface area contributed by atoms with Crippen LogP contribution < -0.4 is 0 Å². The Labute approximate surface area is 207 Å². The molecule has 2 aromatic rings. The van der Waals surface area contributed by atoms with E-state index in [1.807, 2.05) is 25.1 Å². The first-order chi connectivity index (χ1) is 17.0. The molecule has 0 heterocycles. The molecule has 35 heavy (non-hydrogen) atoms. The van der Waals surface area contributed by atoms with Crippen LogP contribution >= 0.6 is 0 Å². The third-order valence-corrected chi connectivity index (χ3v) is 7.73. The number of rotatable bonds is 6. The van der Waals surface area contributed by atoms with Gasteiger partial charge in [-0.15, -0.1) is 0 Å². The van der Waals surface area contributed by atoms with Crippen LogP contribution in [-0.4, -0.2) is 12.7 Å². The van der Waals surface area contributed by atoms with E-state index in [1.54, 1.807) is 12.1 Å². The summed E-state index contributed by atoms with van der Waals surface area (Å²) in [5.41, 5.74) is 1.54. The largest absolute Gasteiger partial charge is 0.378 e. The molecule has 4 rings (SSSR count). The summed E-state index contributed by atoms with van der Waals surface area (Å²) in [7, 11) is 0. The number of benzene rings is 2. The monoisotopic (exact) mass is 480 g/mol. The van der Waals surface area contributed by atoms with Gasteiger partial charge in [0.25, 0.3) is 0 Å². The minimum Gasteiger partial charge on any atom is -0.378 e. The van der Waals surface area contributed by atoms with E-state index >= 15 is 4.39 Å². The lowest BCUT2D eigenvalue weighted by atomic mass is 9.65. The second kappa shape index (κ2) is 12.0. The fourth-order valence-corrected chi connectivity index (χ4v) is 5.88. The van der Waals surface area contributed by atoms with Gasteiger partial charge in [-0.1, -0.05) is 36.1 Å². The van der Waals surface area contributed by atoms with Crippen molar-refractivity contribution in [2.24, 2.45) is 11.8 Å². The quantitative estimate of drug-likeness (QED) is 0.300. The van der Waals surface area contributed by atoms with Gasteiger partial charge in [-0.3, -0.25) is 0 Å². The minimum absolute atomic E-state index is 0.0113. The zero-order valence-corrected chi connectivity index (χ0v) is 20.8. The molecule has 0 aliphatic heterocycles. The van der Waals surface area contributed by atoms with Crippen molar-refractivity contribution in [3.05, 3.63) is 82.2 Å². The maximum Gasteiger partial charge on any atom is 0.174 e. The van der Waals surface area contributed by atoms with Gasteiger partial charge < -0.3 is 4.74 Å². The Balaban J connectivity index is 1.42. The SMILES string of the molecule is C/C=C/CCc1ccc(C#Cc2ccc(C3CCC4CC(OCC)CCC4C3)c(F)c2)c(F)c1F. The summed E-state index contributed by atoms with van der Waals surface area (Å²) in [4.78, 5) is 0. The van der Waals surface area contributed by atoms with Crippen LogP contribution in [0.1, 0.15) is 87.0 Å². The summed E-state index contributed by atoms with van der Waals surface area (Å²) in [6, 6.07) is 8.13. The highest BCUT2D eigenvalue weighted by Gasteiger charge is 2.36. The molecule has 2 saturated carbocycles. The average Bonchev–Trinajstić information content (AvgIpc) is 2.86. The molecule has 0 aromatic heterocycles. The summed E-state index contributed by atoms with van der Waals surface area (Å²) in [5, 5.41) is 0. The second-order valence-corrected chi connectivity index (χ2v) is 9.91. The van der Waals surface area contributed by atoms with Gasteiger partial charge in [-0.05, 0) is 112 Å². The standard InChI is InChI=1S/C31H35F3O/c1-3-5-6-7-22-11-12-23(31(34)30(22)33)10-8-21-9-17-28(29(32)18-21)26-14-13-25-20-27(35-4-2)16-15-24(25)19-26/h3,5,9,11-12,17-18,24-27H,4,6-7,13-16,19-20H2,1-2H3/b5-3+. The highest BCUT2D eigenvalue weighted by molar-refractivity contribution is 5.46. The normalized spacial score (nSPS) is 24.1. The summed E-state index contributed by atoms with van der Waals surface area (Å²) < 4.78 is 49.8. The lowest BCUT2D eigenvalue weighted by Crippen LogP contribution is -2.33. The summed E-state index contributed by atoms with van der Waals surface area (Å²) in [6.45, 7) is 4.72. The van der Waals surface area contributed by atoms with Crippen molar-refractivity contribution >= 4 is 0 Å². The first-order valence-electron chi connectivity index (χ1n) is 13.0. The first kappa shape index (κ1) is 25.6. The molecule has 4 atom stereocenters. The average molecular weight is 481 g/mol. The Kier molecular flexibility index (Phi) is 8.74. The third-order valence-electron chi connectivity index (χ3n) is 7.73. The fraction of sp³-hybridized carbons (Fsp3) is 0.484. The summed E-state index contributed by atoms with van der Waals surface area (Å²) in [5.74, 6) is 5.00. The van der Waals surface area contributed by atoms with Gasteiger partial charge in [0.15, 0.2) is 11.6 Å². The zero-order valence-electron chi connectivity index (χ0n) is 20.8. The lowest BCUT2D eigenvalue weighted by molar-refractivity contribution is -0.00968. The number of hydrogen-bond acceptors (Lipinski definition) is 1. The topological polar surface area (TPSA) is 9.23 Å². The molecule has 4 heteroatoms. The van der Waals surface area contributed by atoms with Gasteiger partial charge in [0, 0.05) is 12.2 Å². The van der Waals surface area contributed by atoms with Crippen LogP contribution in [0, 0.1) is 41.1 Å². The molecule has 4 unspecified atom stereocenters. The maximum atomic E-state index is 15.1. The molecule has 0 N–H and O–H groups in total. The fourth-order valence-electron chi connectivity index (χ4n) is 5.88. The van der Waals surface area contributed by atoms with Crippen LogP contribution in [0.4, 0.5) is 13.2 Å². The molecule has 2 aliphatic carbocycles. The molecular weight excluding hydrogens is 445 g/mol. The Morgan fingerprint density at radius 3 is 2.51 bits per heavy atom. The van der Waals surface area contributed by atoms with E-state index in [-0.39, 0.29) is 17.3 Å². The Morgan fingerprint density at radius 2 is 1.74 bits per heavy atom. The second-order valence-electron chi connectivity index (χ2n) is 9.91. The lowest BCUT2D eigenvalue weighted by Gasteiger charge is -2.42. The van der Waals surface area contributed by atoms with E-state index in [0.717, 1.165) is 50.7 Å². The van der Waals surface area contributed by atoms with Crippen LogP contribution in [-0.2, 0) is 11.2 Å². The molecule has 0 amide bonds. The number of halogens is 3. The highest BCUT2D eigenvalue weighted by atomic mass is 19.2. The van der Waals surface area contributed by atoms with Crippen molar-refractivity contribution in [1.82, 2.24) is 0 Å². The number of hydrogen-bond donors (Lipinski definition) is 0. The van der Waals surface area contributed by atoms with E-state index in [2.05, 4.69) is 18.8 Å². The Hall–Kier alpha value is -2.51. The number of fused-ring (bicyclic) bond motifs is 1. The summed E-state index contributed by atoms with van der Waals surface area (Å²) >= 11 is 0. The minimum atomic E-state index is -0.941. The van der Waals surface area contributed by atoms with Gasteiger partial charge in [0.05, 0.1) is 11.7 Å². The van der Waals surface area contributed by atoms with Crippen LogP contribution in [0.2, 0.25) is 0 Å². The van der Waals surface area contributed by atoms with E-state index in [1.165, 1.54) is 12.1 Å². The molecular formula is C31H35F3O. The number of allylic oxidation sites excluding steroid dienone is 2. The van der Waals surface area contributed by atoms with Crippen molar-refractivity contribution in [1.29, 1.82) is 0 Å². The van der Waals surface area contributed by atoms with E-state index < -0.39 is 11.6 Å². The smallest absolute Gasteiger partial charge is 0.174 e. The van der Waals surface area contributed by atoms with Crippen LogP contribution in [0.3, 0.4) is 0 Å². The molecule has 1 nitrogen and oxygen atoms in total. The van der Waals surface area contributed by atoms with Gasteiger partial charge in [0.1, 0.15) is 5.82 Å². The van der Waals surface area contributed by atoms with Crippen molar-refractivity contribution < 1.29 is 17.9 Å². The molecule has 0 bridgehead atoms. The van der Waals surface area contributed by atoms with Crippen LogP contribution in [0.25, 0.3) is 0 Å². The molecule has 2 aromatic carbocycles.